The Kier molecular flexibility index (Phi) is 4.05. The Labute approximate surface area is 107 Å². The fraction of sp³-hybridized carbons (Fsp3) is 0.300. The summed E-state index contributed by atoms with van der Waals surface area (Å²) in [5.74, 6) is -0.167. The Morgan fingerprint density at radius 2 is 2.35 bits per heavy atom. The lowest BCUT2D eigenvalue weighted by molar-refractivity contribution is 0.0953. The number of carbonyl (C=O) groups excluding carboxylic acids is 1. The molecule has 5 nitrogen and oxygen atoms in total. The molecule has 0 saturated carbocycles. The van der Waals surface area contributed by atoms with Crippen molar-refractivity contribution in [3.63, 3.8) is 0 Å². The summed E-state index contributed by atoms with van der Waals surface area (Å²) in [5.41, 5.74) is 1.24. The summed E-state index contributed by atoms with van der Waals surface area (Å²) in [7, 11) is 1.75. The number of hydrogen-bond donors (Lipinski definition) is 2. The van der Waals surface area contributed by atoms with E-state index in [0.717, 1.165) is 6.42 Å². The summed E-state index contributed by atoms with van der Waals surface area (Å²) in [6.45, 7) is 0.615. The maximum atomic E-state index is 11.7. The third kappa shape index (κ3) is 3.24. The van der Waals surface area contributed by atoms with Gasteiger partial charge in [0.2, 0.25) is 10.1 Å². The van der Waals surface area contributed by atoms with Crippen LogP contribution in [0.5, 0.6) is 0 Å². The van der Waals surface area contributed by atoms with Crippen molar-refractivity contribution >= 4 is 33.7 Å². The molecule has 2 N–H and O–H groups in total. The predicted molar refractivity (Wildman–Crippen MR) is 69.8 cm³/mol. The van der Waals surface area contributed by atoms with Crippen LogP contribution >= 0.6 is 22.7 Å². The molecule has 2 aromatic rings. The smallest absolute Gasteiger partial charge is 0.282 e. The summed E-state index contributed by atoms with van der Waals surface area (Å²) in [5, 5.41) is 18.4. The molecule has 90 valence electrons. The van der Waals surface area contributed by atoms with E-state index in [1.807, 2.05) is 5.38 Å². The fourth-order valence-electron chi connectivity index (χ4n) is 1.25. The van der Waals surface area contributed by atoms with Crippen molar-refractivity contribution in [2.45, 2.75) is 6.42 Å². The highest BCUT2D eigenvalue weighted by Crippen LogP contribution is 2.13. The minimum Gasteiger partial charge on any atom is -0.363 e. The van der Waals surface area contributed by atoms with Crippen LogP contribution in [0.3, 0.4) is 0 Å². The third-order valence-corrected chi connectivity index (χ3v) is 3.78. The van der Waals surface area contributed by atoms with E-state index in [1.54, 1.807) is 18.4 Å². The molecule has 0 fully saturated rings. The second-order valence-electron chi connectivity index (χ2n) is 3.30. The van der Waals surface area contributed by atoms with Crippen LogP contribution in [0, 0.1) is 0 Å². The van der Waals surface area contributed by atoms with Crippen LogP contribution in [0.25, 0.3) is 0 Å². The van der Waals surface area contributed by atoms with Gasteiger partial charge in [0.1, 0.15) is 0 Å². The molecule has 0 saturated heterocycles. The Morgan fingerprint density at radius 3 is 3.00 bits per heavy atom. The average Bonchev–Trinajstić information content (AvgIpc) is 2.99. The predicted octanol–water partition coefficient (Wildman–Crippen LogP) is 1.61. The molecule has 1 amide bonds. The van der Waals surface area contributed by atoms with E-state index in [2.05, 4.69) is 32.3 Å². The molecule has 7 heteroatoms. The first kappa shape index (κ1) is 12.0. The molecule has 2 heterocycles. The van der Waals surface area contributed by atoms with Gasteiger partial charge in [-0.05, 0) is 28.8 Å². The van der Waals surface area contributed by atoms with Gasteiger partial charge in [-0.25, -0.2) is 0 Å². The summed E-state index contributed by atoms with van der Waals surface area (Å²) >= 11 is 2.91. The van der Waals surface area contributed by atoms with Crippen molar-refractivity contribution in [2.75, 3.05) is 18.9 Å². The Bertz CT molecular complexity index is 480. The normalized spacial score (nSPS) is 10.2. The number of nitrogens with zero attached hydrogens (tertiary/aromatic N) is 2. The number of rotatable bonds is 5. The Morgan fingerprint density at radius 1 is 1.47 bits per heavy atom. The van der Waals surface area contributed by atoms with E-state index in [9.17, 15) is 4.79 Å². The second-order valence-corrected chi connectivity index (χ2v) is 5.06. The molecular formula is C10H12N4OS2. The second kappa shape index (κ2) is 5.74. The van der Waals surface area contributed by atoms with Gasteiger partial charge in [-0.3, -0.25) is 4.79 Å². The van der Waals surface area contributed by atoms with Crippen molar-refractivity contribution in [3.8, 4) is 0 Å². The lowest BCUT2D eigenvalue weighted by Gasteiger charge is -2.00. The molecule has 17 heavy (non-hydrogen) atoms. The minimum atomic E-state index is -0.167. The Hall–Kier alpha value is -1.47. The lowest BCUT2D eigenvalue weighted by Crippen LogP contribution is -2.25. The van der Waals surface area contributed by atoms with Gasteiger partial charge in [-0.1, -0.05) is 11.3 Å². The first-order chi connectivity index (χ1) is 8.29. The van der Waals surface area contributed by atoms with Crippen molar-refractivity contribution in [3.05, 3.63) is 27.4 Å². The lowest BCUT2D eigenvalue weighted by atomic mass is 10.2. The summed E-state index contributed by atoms with van der Waals surface area (Å²) in [4.78, 5) is 11.7. The summed E-state index contributed by atoms with van der Waals surface area (Å²) < 4.78 is 0. The molecule has 2 rings (SSSR count). The summed E-state index contributed by atoms with van der Waals surface area (Å²) in [6.07, 6.45) is 0.840. The third-order valence-electron chi connectivity index (χ3n) is 2.11. The number of nitrogens with one attached hydrogen (secondary N) is 2. The quantitative estimate of drug-likeness (QED) is 0.864. The van der Waals surface area contributed by atoms with Crippen LogP contribution in [0.15, 0.2) is 16.8 Å². The van der Waals surface area contributed by atoms with Gasteiger partial charge in [0, 0.05) is 13.6 Å². The van der Waals surface area contributed by atoms with Crippen molar-refractivity contribution in [1.29, 1.82) is 0 Å². The molecular weight excluding hydrogens is 256 g/mol. The van der Waals surface area contributed by atoms with Crippen LogP contribution in [-0.2, 0) is 6.42 Å². The largest absolute Gasteiger partial charge is 0.363 e. The summed E-state index contributed by atoms with van der Waals surface area (Å²) in [6, 6.07) is 2.06. The van der Waals surface area contributed by atoms with Gasteiger partial charge < -0.3 is 10.6 Å². The topological polar surface area (TPSA) is 66.9 Å². The van der Waals surface area contributed by atoms with Crippen LogP contribution in [-0.4, -0.2) is 29.7 Å². The maximum Gasteiger partial charge on any atom is 0.282 e. The molecule has 0 aliphatic rings. The molecule has 0 aliphatic heterocycles. The zero-order valence-electron chi connectivity index (χ0n) is 9.27. The van der Waals surface area contributed by atoms with Gasteiger partial charge in [0.05, 0.1) is 0 Å². The molecule has 0 unspecified atom stereocenters. The van der Waals surface area contributed by atoms with Crippen molar-refractivity contribution in [2.24, 2.45) is 0 Å². The SMILES string of the molecule is CNc1nnc(C(=O)NCCc2ccsc2)s1. The van der Waals surface area contributed by atoms with Crippen LogP contribution in [0.1, 0.15) is 15.4 Å². The van der Waals surface area contributed by atoms with Gasteiger partial charge in [-0.15, -0.1) is 10.2 Å². The first-order valence-corrected chi connectivity index (χ1v) is 6.86. The van der Waals surface area contributed by atoms with E-state index >= 15 is 0 Å². The van der Waals surface area contributed by atoms with Crippen LogP contribution in [0.2, 0.25) is 0 Å². The zero-order chi connectivity index (χ0) is 12.1. The molecule has 0 spiro atoms. The molecule has 0 bridgehead atoms. The Balaban J connectivity index is 1.81. The standard InChI is InChI=1S/C10H12N4OS2/c1-11-10-14-13-9(17-10)8(15)12-4-2-7-3-5-16-6-7/h3,5-6H,2,4H2,1H3,(H,11,14)(H,12,15). The number of anilines is 1. The fourth-order valence-corrected chi connectivity index (χ4v) is 2.56. The molecule has 0 radical (unpaired) electrons. The molecule has 0 aliphatic carbocycles. The first-order valence-electron chi connectivity index (χ1n) is 5.10. The molecule has 0 atom stereocenters. The number of thiophene rings is 1. The minimum absolute atomic E-state index is 0.167. The zero-order valence-corrected chi connectivity index (χ0v) is 10.9. The van der Waals surface area contributed by atoms with E-state index < -0.39 is 0 Å². The average molecular weight is 268 g/mol. The van der Waals surface area contributed by atoms with Crippen LogP contribution < -0.4 is 10.6 Å². The van der Waals surface area contributed by atoms with Crippen LogP contribution in [0.4, 0.5) is 5.13 Å². The van der Waals surface area contributed by atoms with E-state index in [4.69, 9.17) is 0 Å². The number of hydrogen-bond acceptors (Lipinski definition) is 6. The van der Waals surface area contributed by atoms with Gasteiger partial charge in [-0.2, -0.15) is 11.3 Å². The number of carbonyl (C=O) groups is 1. The van der Waals surface area contributed by atoms with Crippen molar-refractivity contribution in [1.82, 2.24) is 15.5 Å². The van der Waals surface area contributed by atoms with Gasteiger partial charge >= 0.3 is 0 Å². The van der Waals surface area contributed by atoms with Crippen molar-refractivity contribution < 1.29 is 4.79 Å². The highest BCUT2D eigenvalue weighted by molar-refractivity contribution is 7.17. The van der Waals surface area contributed by atoms with E-state index in [-0.39, 0.29) is 5.91 Å². The highest BCUT2D eigenvalue weighted by atomic mass is 32.1. The van der Waals surface area contributed by atoms with E-state index in [1.165, 1.54) is 16.9 Å². The number of amides is 1. The number of aromatic nitrogens is 2. The molecule has 2 aromatic heterocycles. The maximum absolute atomic E-state index is 11.7. The van der Waals surface area contributed by atoms with Gasteiger partial charge in [0.25, 0.3) is 5.91 Å². The highest BCUT2D eigenvalue weighted by Gasteiger charge is 2.11. The van der Waals surface area contributed by atoms with E-state index in [0.29, 0.717) is 16.7 Å². The van der Waals surface area contributed by atoms with Gasteiger partial charge in [0.15, 0.2) is 0 Å². The molecule has 0 aromatic carbocycles. The monoisotopic (exact) mass is 268 g/mol.